The summed E-state index contributed by atoms with van der Waals surface area (Å²) in [6.07, 6.45) is 1.90. The number of halogens is 2. The summed E-state index contributed by atoms with van der Waals surface area (Å²) in [4.78, 5) is 45.0. The highest BCUT2D eigenvalue weighted by molar-refractivity contribution is 7.17. The summed E-state index contributed by atoms with van der Waals surface area (Å²) in [6, 6.07) is 10.2. The van der Waals surface area contributed by atoms with Gasteiger partial charge in [-0.1, -0.05) is 53.9 Å². The first-order chi connectivity index (χ1) is 18.7. The third-order valence-corrected chi connectivity index (χ3v) is 7.93. The molecule has 2 aromatic carbocycles. The Kier molecular flexibility index (Phi) is 8.94. The highest BCUT2D eigenvalue weighted by Gasteiger charge is 2.48. The molecule has 1 N–H and O–H groups in total. The van der Waals surface area contributed by atoms with Crippen LogP contribution in [0.3, 0.4) is 0 Å². The number of aryl methyl sites for hydroxylation is 1. The molecule has 3 aromatic rings. The first-order valence-corrected chi connectivity index (χ1v) is 13.9. The number of Topliss-reactive ketones (excluding diaryl/α,β-unsaturated/α-hetero) is 1. The molecular weight excluding hydrogens is 563 g/mol. The number of carbonyl (C=O) groups is 3. The fraction of sp³-hybridized carbons (Fsp3) is 0.286. The van der Waals surface area contributed by atoms with E-state index in [1.165, 1.54) is 6.07 Å². The van der Waals surface area contributed by atoms with Crippen molar-refractivity contribution in [2.24, 2.45) is 0 Å². The second-order valence-electron chi connectivity index (χ2n) is 8.70. The molecule has 1 saturated heterocycles. The van der Waals surface area contributed by atoms with Crippen molar-refractivity contribution in [3.63, 3.8) is 0 Å². The van der Waals surface area contributed by atoms with Gasteiger partial charge < -0.3 is 14.6 Å². The lowest BCUT2D eigenvalue weighted by Crippen LogP contribution is -2.29. The molecule has 4 rings (SSSR count). The second-order valence-corrected chi connectivity index (χ2v) is 10.5. The Hall–Kier alpha value is -3.40. The highest BCUT2D eigenvalue weighted by Crippen LogP contribution is 2.45. The molecule has 1 aliphatic heterocycles. The summed E-state index contributed by atoms with van der Waals surface area (Å²) in [5, 5.41) is 11.9. The van der Waals surface area contributed by atoms with Crippen LogP contribution in [0, 0.1) is 6.92 Å². The fourth-order valence-electron chi connectivity index (χ4n) is 4.10. The summed E-state index contributed by atoms with van der Waals surface area (Å²) < 4.78 is 10.8. The lowest BCUT2D eigenvalue weighted by Gasteiger charge is -2.23. The van der Waals surface area contributed by atoms with Gasteiger partial charge >= 0.3 is 11.9 Å². The number of ether oxygens (including phenoxy) is 2. The number of aliphatic hydroxyl groups excluding tert-OH is 1. The second kappa shape index (κ2) is 12.2. The summed E-state index contributed by atoms with van der Waals surface area (Å²) >= 11 is 13.3. The maximum absolute atomic E-state index is 13.4. The van der Waals surface area contributed by atoms with Crippen molar-refractivity contribution >= 4 is 63.1 Å². The molecule has 0 radical (unpaired) electrons. The molecule has 11 heteroatoms. The number of aromatic nitrogens is 1. The van der Waals surface area contributed by atoms with Gasteiger partial charge in [0.15, 0.2) is 5.13 Å². The topological polar surface area (TPSA) is 106 Å². The van der Waals surface area contributed by atoms with Gasteiger partial charge in [0.05, 0.1) is 40.6 Å². The lowest BCUT2D eigenvalue weighted by molar-refractivity contribution is -0.132. The van der Waals surface area contributed by atoms with Crippen molar-refractivity contribution in [2.75, 3.05) is 18.1 Å². The predicted molar refractivity (Wildman–Crippen MR) is 151 cm³/mol. The monoisotopic (exact) mass is 588 g/mol. The minimum Gasteiger partial charge on any atom is -0.507 e. The van der Waals surface area contributed by atoms with Gasteiger partial charge in [0, 0.05) is 5.56 Å². The molecule has 1 aromatic heterocycles. The Bertz CT molecular complexity index is 1450. The molecule has 0 saturated carbocycles. The molecule has 0 aliphatic carbocycles. The van der Waals surface area contributed by atoms with Gasteiger partial charge in [0.1, 0.15) is 16.4 Å². The average molecular weight is 589 g/mol. The number of unbranched alkanes of at least 4 members (excludes halogenated alkanes) is 1. The SMILES string of the molecule is CCCCOc1ccc(C(O)=C2C(=O)C(=O)N(c3nc(C)c(C(=O)OCC)s3)[C@@H]2c2ccc(Cl)c(Cl)c2)cc1. The molecular formula is C28H26Cl2N2O6S. The van der Waals surface area contributed by atoms with E-state index in [1.807, 2.05) is 0 Å². The van der Waals surface area contributed by atoms with Crippen LogP contribution in [0.4, 0.5) is 5.13 Å². The normalized spacial score (nSPS) is 16.5. The van der Waals surface area contributed by atoms with E-state index in [9.17, 15) is 19.5 Å². The molecule has 0 unspecified atom stereocenters. The first-order valence-electron chi connectivity index (χ1n) is 12.3. The number of anilines is 1. The number of nitrogens with zero attached hydrogens (tertiary/aromatic N) is 2. The van der Waals surface area contributed by atoms with Gasteiger partial charge in [0.2, 0.25) is 0 Å². The van der Waals surface area contributed by atoms with E-state index in [4.69, 9.17) is 32.7 Å². The number of ketones is 1. The number of benzene rings is 2. The van der Waals surface area contributed by atoms with E-state index in [2.05, 4.69) is 11.9 Å². The largest absolute Gasteiger partial charge is 0.507 e. The van der Waals surface area contributed by atoms with E-state index >= 15 is 0 Å². The van der Waals surface area contributed by atoms with Crippen molar-refractivity contribution in [3.8, 4) is 5.75 Å². The first kappa shape index (κ1) is 28.6. The van der Waals surface area contributed by atoms with Crippen LogP contribution < -0.4 is 9.64 Å². The van der Waals surface area contributed by atoms with Gasteiger partial charge in [-0.3, -0.25) is 14.5 Å². The zero-order chi connectivity index (χ0) is 28.3. The number of rotatable bonds is 9. The van der Waals surface area contributed by atoms with Crippen LogP contribution in [-0.4, -0.2) is 41.0 Å². The zero-order valence-electron chi connectivity index (χ0n) is 21.5. The standard InChI is InChI=1S/C28H26Cl2N2O6S/c1-4-6-13-38-18-10-7-16(8-11-18)23(33)21-22(17-9-12-19(29)20(30)14-17)32(26(35)24(21)34)28-31-15(3)25(39-28)27(36)37-5-2/h7-12,14,22,33H,4-6,13H2,1-3H3/t22-/m1/s1. The van der Waals surface area contributed by atoms with Crippen LogP contribution in [0.2, 0.25) is 10.0 Å². The molecule has 1 aliphatic rings. The Labute approximate surface area is 239 Å². The minimum atomic E-state index is -1.08. The Morgan fingerprint density at radius 1 is 1.10 bits per heavy atom. The Morgan fingerprint density at radius 3 is 2.46 bits per heavy atom. The summed E-state index contributed by atoms with van der Waals surface area (Å²) in [5.74, 6) is -2.14. The minimum absolute atomic E-state index is 0.104. The third-order valence-electron chi connectivity index (χ3n) is 6.05. The van der Waals surface area contributed by atoms with Crippen LogP contribution in [0.1, 0.15) is 59.2 Å². The van der Waals surface area contributed by atoms with Crippen LogP contribution in [-0.2, 0) is 14.3 Å². The molecule has 1 atom stereocenters. The van der Waals surface area contributed by atoms with Crippen LogP contribution in [0.5, 0.6) is 5.75 Å². The van der Waals surface area contributed by atoms with Crippen LogP contribution in [0.25, 0.3) is 5.76 Å². The molecule has 2 heterocycles. The molecule has 0 bridgehead atoms. The molecule has 8 nitrogen and oxygen atoms in total. The average Bonchev–Trinajstić information content (AvgIpc) is 3.42. The number of aliphatic hydroxyl groups is 1. The van der Waals surface area contributed by atoms with Crippen molar-refractivity contribution in [3.05, 3.63) is 79.8 Å². The smallest absolute Gasteiger partial charge is 0.350 e. The van der Waals surface area contributed by atoms with E-state index in [0.717, 1.165) is 29.1 Å². The van der Waals surface area contributed by atoms with E-state index in [-0.39, 0.29) is 38.0 Å². The Balaban J connectivity index is 1.83. The van der Waals surface area contributed by atoms with Crippen molar-refractivity contribution in [1.29, 1.82) is 0 Å². The van der Waals surface area contributed by atoms with E-state index in [1.54, 1.807) is 50.2 Å². The zero-order valence-corrected chi connectivity index (χ0v) is 23.8. The summed E-state index contributed by atoms with van der Waals surface area (Å²) in [5.41, 5.74) is 0.948. The maximum Gasteiger partial charge on any atom is 0.350 e. The predicted octanol–water partition coefficient (Wildman–Crippen LogP) is 6.74. The quantitative estimate of drug-likeness (QED) is 0.0969. The van der Waals surface area contributed by atoms with Crippen LogP contribution in [0.15, 0.2) is 48.0 Å². The van der Waals surface area contributed by atoms with Crippen molar-refractivity contribution in [1.82, 2.24) is 4.98 Å². The molecule has 1 fully saturated rings. The van der Waals surface area contributed by atoms with Crippen LogP contribution >= 0.6 is 34.5 Å². The summed E-state index contributed by atoms with van der Waals surface area (Å²) in [7, 11) is 0. The molecule has 204 valence electrons. The number of carbonyl (C=O) groups excluding carboxylic acids is 3. The van der Waals surface area contributed by atoms with Gasteiger partial charge in [-0.05, 0) is 62.2 Å². The third kappa shape index (κ3) is 5.80. The van der Waals surface area contributed by atoms with Crippen molar-refractivity contribution < 1.29 is 29.0 Å². The number of amides is 1. The van der Waals surface area contributed by atoms with Gasteiger partial charge in [0.25, 0.3) is 5.78 Å². The number of thiazole rings is 1. The maximum atomic E-state index is 13.4. The lowest BCUT2D eigenvalue weighted by atomic mass is 9.95. The fourth-order valence-corrected chi connectivity index (χ4v) is 5.39. The van der Waals surface area contributed by atoms with Crippen molar-refractivity contribution in [2.45, 2.75) is 39.7 Å². The highest BCUT2D eigenvalue weighted by atomic mass is 35.5. The molecule has 0 spiro atoms. The van der Waals surface area contributed by atoms with E-state index in [0.29, 0.717) is 29.2 Å². The summed E-state index contributed by atoms with van der Waals surface area (Å²) in [6.45, 7) is 6.09. The Morgan fingerprint density at radius 2 is 1.82 bits per heavy atom. The van der Waals surface area contributed by atoms with Gasteiger partial charge in [-0.15, -0.1) is 0 Å². The van der Waals surface area contributed by atoms with Gasteiger partial charge in [-0.25, -0.2) is 9.78 Å². The number of esters is 1. The van der Waals surface area contributed by atoms with E-state index < -0.39 is 23.7 Å². The molecule has 39 heavy (non-hydrogen) atoms. The number of hydrogen-bond donors (Lipinski definition) is 1. The number of hydrogen-bond acceptors (Lipinski definition) is 8. The molecule has 1 amide bonds. The van der Waals surface area contributed by atoms with Gasteiger partial charge in [-0.2, -0.15) is 0 Å².